The molecular weight excluding hydrogens is 308 g/mol. The first kappa shape index (κ1) is 15.7. The van der Waals surface area contributed by atoms with Gasteiger partial charge in [-0.3, -0.25) is 0 Å². The van der Waals surface area contributed by atoms with E-state index in [-0.39, 0.29) is 0 Å². The first-order chi connectivity index (χ1) is 10.2. The van der Waals surface area contributed by atoms with Crippen molar-refractivity contribution >= 4 is 29.6 Å². The van der Waals surface area contributed by atoms with Gasteiger partial charge in [0.1, 0.15) is 7.11 Å². The van der Waals surface area contributed by atoms with E-state index < -0.39 is 0 Å². The van der Waals surface area contributed by atoms with E-state index in [9.17, 15) is 0 Å². The van der Waals surface area contributed by atoms with E-state index in [1.54, 1.807) is 6.21 Å². The van der Waals surface area contributed by atoms with E-state index in [1.807, 2.05) is 31.2 Å². The summed E-state index contributed by atoms with van der Waals surface area (Å²) in [6.45, 7) is 1.88. The van der Waals surface area contributed by atoms with Crippen molar-refractivity contribution in [1.82, 2.24) is 15.2 Å². The minimum absolute atomic E-state index is 0.573. The normalized spacial score (nSPS) is 11.0. The van der Waals surface area contributed by atoms with Crippen LogP contribution >= 0.6 is 23.4 Å². The molecule has 2 rings (SSSR count). The third-order valence-corrected chi connectivity index (χ3v) is 3.84. The smallest absolute Gasteiger partial charge is 0.209 e. The van der Waals surface area contributed by atoms with E-state index in [0.717, 1.165) is 27.7 Å². The molecule has 0 N–H and O–H groups in total. The van der Waals surface area contributed by atoms with Gasteiger partial charge < -0.3 is 4.84 Å². The zero-order valence-electron chi connectivity index (χ0n) is 11.8. The SMILES string of the molecule is CON=CCc1nc(SCc2ccc(Cl)cc2)nnc1C. The standard InChI is InChI=1S/C14H15ClN4OS/c1-10-13(7-8-16-20-2)17-14(19-18-10)21-9-11-3-5-12(15)6-4-11/h3-6,8H,7,9H2,1-2H3. The molecule has 0 radical (unpaired) electrons. The van der Waals surface area contributed by atoms with Gasteiger partial charge in [0.05, 0.1) is 11.4 Å². The number of aromatic nitrogens is 3. The number of oxime groups is 1. The zero-order chi connectivity index (χ0) is 15.1. The summed E-state index contributed by atoms with van der Waals surface area (Å²) in [5, 5.41) is 13.3. The van der Waals surface area contributed by atoms with Crippen LogP contribution in [0.3, 0.4) is 0 Å². The molecule has 0 aliphatic carbocycles. The summed E-state index contributed by atoms with van der Waals surface area (Å²) in [5.74, 6) is 0.771. The molecule has 7 heteroatoms. The lowest BCUT2D eigenvalue weighted by Crippen LogP contribution is -2.03. The minimum atomic E-state index is 0.573. The fraction of sp³-hybridized carbons (Fsp3) is 0.286. The average molecular weight is 323 g/mol. The third kappa shape index (κ3) is 4.99. The van der Waals surface area contributed by atoms with Crippen molar-refractivity contribution in [2.24, 2.45) is 5.16 Å². The van der Waals surface area contributed by atoms with E-state index in [2.05, 4.69) is 25.2 Å². The summed E-state index contributed by atoms with van der Waals surface area (Å²) >= 11 is 7.40. The van der Waals surface area contributed by atoms with Gasteiger partial charge in [0.2, 0.25) is 5.16 Å². The van der Waals surface area contributed by atoms with Crippen LogP contribution in [-0.4, -0.2) is 28.5 Å². The Morgan fingerprint density at radius 3 is 2.76 bits per heavy atom. The molecule has 0 spiro atoms. The number of rotatable bonds is 6. The van der Waals surface area contributed by atoms with Crippen molar-refractivity contribution in [3.8, 4) is 0 Å². The van der Waals surface area contributed by atoms with E-state index in [4.69, 9.17) is 11.6 Å². The lowest BCUT2D eigenvalue weighted by atomic mass is 10.2. The van der Waals surface area contributed by atoms with Crippen molar-refractivity contribution < 1.29 is 4.84 Å². The molecule has 2 aromatic rings. The second-order valence-electron chi connectivity index (χ2n) is 4.22. The topological polar surface area (TPSA) is 60.3 Å². The van der Waals surface area contributed by atoms with Gasteiger partial charge in [0, 0.05) is 23.4 Å². The van der Waals surface area contributed by atoms with Gasteiger partial charge in [0.25, 0.3) is 0 Å². The van der Waals surface area contributed by atoms with Gasteiger partial charge in [-0.15, -0.1) is 5.10 Å². The molecule has 0 amide bonds. The number of aryl methyl sites for hydroxylation is 1. The molecule has 0 aliphatic rings. The Balaban J connectivity index is 2.01. The highest BCUT2D eigenvalue weighted by Gasteiger charge is 2.06. The molecule has 0 fully saturated rings. The molecule has 110 valence electrons. The Hall–Kier alpha value is -1.66. The zero-order valence-corrected chi connectivity index (χ0v) is 13.4. The summed E-state index contributed by atoms with van der Waals surface area (Å²) in [5.41, 5.74) is 2.81. The predicted octanol–water partition coefficient (Wildman–Crippen LogP) is 3.30. The molecule has 0 saturated carbocycles. The molecular formula is C14H15ClN4OS. The van der Waals surface area contributed by atoms with Crippen molar-refractivity contribution in [2.45, 2.75) is 24.3 Å². The van der Waals surface area contributed by atoms with Gasteiger partial charge in [-0.1, -0.05) is 40.7 Å². The Morgan fingerprint density at radius 2 is 2.05 bits per heavy atom. The maximum Gasteiger partial charge on any atom is 0.209 e. The van der Waals surface area contributed by atoms with Gasteiger partial charge in [-0.25, -0.2) is 4.98 Å². The molecule has 0 bridgehead atoms. The van der Waals surface area contributed by atoms with Crippen LogP contribution in [0.2, 0.25) is 5.02 Å². The summed E-state index contributed by atoms with van der Waals surface area (Å²) < 4.78 is 0. The van der Waals surface area contributed by atoms with Crippen molar-refractivity contribution in [3.63, 3.8) is 0 Å². The lowest BCUT2D eigenvalue weighted by Gasteiger charge is -2.04. The van der Waals surface area contributed by atoms with Crippen molar-refractivity contribution in [2.75, 3.05) is 7.11 Å². The number of hydrogen-bond acceptors (Lipinski definition) is 6. The van der Waals surface area contributed by atoms with Crippen LogP contribution in [0.1, 0.15) is 17.0 Å². The molecule has 0 atom stereocenters. The maximum atomic E-state index is 5.86. The minimum Gasteiger partial charge on any atom is -0.399 e. The highest BCUT2D eigenvalue weighted by Crippen LogP contribution is 2.20. The Labute approximate surface area is 132 Å². The van der Waals surface area contributed by atoms with Crippen molar-refractivity contribution in [3.05, 3.63) is 46.2 Å². The van der Waals surface area contributed by atoms with Crippen LogP contribution in [-0.2, 0) is 17.0 Å². The molecule has 0 unspecified atom stereocenters. The van der Waals surface area contributed by atoms with Gasteiger partial charge in [-0.2, -0.15) is 5.10 Å². The van der Waals surface area contributed by atoms with Gasteiger partial charge >= 0.3 is 0 Å². The van der Waals surface area contributed by atoms with E-state index >= 15 is 0 Å². The largest absolute Gasteiger partial charge is 0.399 e. The third-order valence-electron chi connectivity index (χ3n) is 2.68. The number of halogens is 1. The number of benzene rings is 1. The quantitative estimate of drug-likeness (QED) is 0.464. The summed E-state index contributed by atoms with van der Waals surface area (Å²) in [7, 11) is 1.51. The Kier molecular flexibility index (Phi) is 5.95. The molecule has 5 nitrogen and oxygen atoms in total. The van der Waals surface area contributed by atoms with Gasteiger partial charge in [0.15, 0.2) is 0 Å². The number of nitrogens with zero attached hydrogens (tertiary/aromatic N) is 4. The monoisotopic (exact) mass is 322 g/mol. The van der Waals surface area contributed by atoms with Crippen LogP contribution in [0, 0.1) is 6.92 Å². The maximum absolute atomic E-state index is 5.86. The number of thioether (sulfide) groups is 1. The highest BCUT2D eigenvalue weighted by atomic mass is 35.5. The van der Waals surface area contributed by atoms with Crippen LogP contribution in [0.15, 0.2) is 34.6 Å². The first-order valence-electron chi connectivity index (χ1n) is 6.31. The van der Waals surface area contributed by atoms with Crippen LogP contribution in [0.4, 0.5) is 0 Å². The van der Waals surface area contributed by atoms with E-state index in [1.165, 1.54) is 18.9 Å². The average Bonchev–Trinajstić information content (AvgIpc) is 2.49. The van der Waals surface area contributed by atoms with Crippen LogP contribution in [0.5, 0.6) is 0 Å². The first-order valence-corrected chi connectivity index (χ1v) is 7.68. The number of hydrogen-bond donors (Lipinski definition) is 0. The Morgan fingerprint density at radius 1 is 1.29 bits per heavy atom. The fourth-order valence-corrected chi connectivity index (χ4v) is 2.46. The molecule has 1 heterocycles. The molecule has 0 aliphatic heterocycles. The predicted molar refractivity (Wildman–Crippen MR) is 84.8 cm³/mol. The lowest BCUT2D eigenvalue weighted by molar-refractivity contribution is 0.214. The summed E-state index contributed by atoms with van der Waals surface area (Å²) in [6.07, 6.45) is 2.23. The molecule has 21 heavy (non-hydrogen) atoms. The summed E-state index contributed by atoms with van der Waals surface area (Å²) in [4.78, 5) is 9.13. The highest BCUT2D eigenvalue weighted by molar-refractivity contribution is 7.98. The Bertz CT molecular complexity index is 619. The van der Waals surface area contributed by atoms with Crippen LogP contribution < -0.4 is 0 Å². The fourth-order valence-electron chi connectivity index (χ4n) is 1.58. The summed E-state index contributed by atoms with van der Waals surface area (Å²) in [6, 6.07) is 7.73. The molecule has 1 aromatic carbocycles. The van der Waals surface area contributed by atoms with Crippen molar-refractivity contribution in [1.29, 1.82) is 0 Å². The second kappa shape index (κ2) is 7.95. The van der Waals surface area contributed by atoms with E-state index in [0.29, 0.717) is 11.6 Å². The second-order valence-corrected chi connectivity index (χ2v) is 5.60. The van der Waals surface area contributed by atoms with Gasteiger partial charge in [-0.05, 0) is 24.6 Å². The van der Waals surface area contributed by atoms with Crippen LogP contribution in [0.25, 0.3) is 0 Å². The molecule has 1 aromatic heterocycles. The molecule has 0 saturated heterocycles.